The van der Waals surface area contributed by atoms with Crippen LogP contribution in [-0.2, 0) is 10.0 Å². The molecule has 1 fully saturated rings. The lowest BCUT2D eigenvalue weighted by molar-refractivity contribution is 0.0772. The van der Waals surface area contributed by atoms with E-state index in [0.29, 0.717) is 23.2 Å². The van der Waals surface area contributed by atoms with E-state index in [2.05, 4.69) is 20.7 Å². The monoisotopic (exact) mass is 466 g/mol. The number of nitrogens with zero attached hydrogens (tertiary/aromatic N) is 1. The quantitative estimate of drug-likeness (QED) is 0.646. The highest BCUT2D eigenvalue weighted by atomic mass is 79.9. The normalized spacial score (nSPS) is 14.0. The van der Waals surface area contributed by atoms with Crippen molar-refractivity contribution in [3.8, 4) is 5.75 Å². The second-order valence-electron chi connectivity index (χ2n) is 6.93. The van der Waals surface area contributed by atoms with Crippen molar-refractivity contribution in [3.63, 3.8) is 0 Å². The molecule has 1 aliphatic carbocycles. The minimum Gasteiger partial charge on any atom is -0.492 e. The fourth-order valence-electron chi connectivity index (χ4n) is 2.64. The average molecular weight is 467 g/mol. The largest absolute Gasteiger partial charge is 0.492 e. The van der Waals surface area contributed by atoms with Crippen LogP contribution in [0.2, 0.25) is 0 Å². The zero-order chi connectivity index (χ0) is 20.3. The highest BCUT2D eigenvalue weighted by Gasteiger charge is 2.29. The molecule has 1 saturated carbocycles. The van der Waals surface area contributed by atoms with Crippen LogP contribution in [0.5, 0.6) is 5.75 Å². The Labute approximate surface area is 174 Å². The average Bonchev–Trinajstić information content (AvgIpc) is 3.44. The molecule has 2 aromatic carbocycles. The summed E-state index contributed by atoms with van der Waals surface area (Å²) in [5, 5.41) is 0. The molecule has 0 atom stereocenters. The summed E-state index contributed by atoms with van der Waals surface area (Å²) in [7, 11) is -1.95. The first-order valence-corrected chi connectivity index (χ1v) is 11.3. The number of carbonyl (C=O) groups is 1. The van der Waals surface area contributed by atoms with Crippen molar-refractivity contribution in [2.75, 3.05) is 20.2 Å². The van der Waals surface area contributed by atoms with Gasteiger partial charge in [0, 0.05) is 17.6 Å². The predicted octanol–water partition coefficient (Wildman–Crippen LogP) is 3.35. The van der Waals surface area contributed by atoms with E-state index >= 15 is 0 Å². The van der Waals surface area contributed by atoms with E-state index in [-0.39, 0.29) is 16.8 Å². The number of likely N-dealkylation sites (N-methyl/N-ethyl adjacent to an activating group) is 1. The fraction of sp³-hybridized carbons (Fsp3) is 0.350. The number of hydrogen-bond acceptors (Lipinski definition) is 4. The van der Waals surface area contributed by atoms with Gasteiger partial charge in [-0.1, -0.05) is 12.1 Å². The molecule has 1 amide bonds. The molecule has 2 aromatic rings. The summed E-state index contributed by atoms with van der Waals surface area (Å²) in [5.41, 5.74) is 1.40. The number of carbonyl (C=O) groups excluding carboxylic acids is 1. The first-order valence-electron chi connectivity index (χ1n) is 9.03. The topological polar surface area (TPSA) is 75.7 Å². The van der Waals surface area contributed by atoms with Crippen LogP contribution in [0.1, 0.15) is 28.8 Å². The van der Waals surface area contributed by atoms with E-state index in [1.165, 1.54) is 17.0 Å². The predicted molar refractivity (Wildman–Crippen MR) is 111 cm³/mol. The van der Waals surface area contributed by atoms with Gasteiger partial charge in [-0.15, -0.1) is 0 Å². The molecule has 1 N–H and O–H groups in total. The third-order valence-electron chi connectivity index (χ3n) is 4.41. The molecular formula is C20H23BrN2O4S. The van der Waals surface area contributed by atoms with Gasteiger partial charge in [-0.25, -0.2) is 13.1 Å². The summed E-state index contributed by atoms with van der Waals surface area (Å²) in [6.07, 6.45) is 1.70. The summed E-state index contributed by atoms with van der Waals surface area (Å²) < 4.78 is 33.7. The zero-order valence-electron chi connectivity index (χ0n) is 15.8. The van der Waals surface area contributed by atoms with E-state index in [4.69, 9.17) is 4.74 Å². The van der Waals surface area contributed by atoms with E-state index in [9.17, 15) is 13.2 Å². The zero-order valence-corrected chi connectivity index (χ0v) is 18.2. The molecule has 0 spiro atoms. The second-order valence-corrected chi connectivity index (χ2v) is 9.50. The molecule has 1 aliphatic rings. The number of aryl methyl sites for hydroxylation is 1. The molecule has 0 saturated heterocycles. The molecule has 0 unspecified atom stereocenters. The molecule has 0 heterocycles. The Kier molecular flexibility index (Phi) is 6.42. The summed E-state index contributed by atoms with van der Waals surface area (Å²) in [5.74, 6) is 0.476. The molecule has 0 radical (unpaired) electrons. The van der Waals surface area contributed by atoms with E-state index < -0.39 is 10.0 Å². The van der Waals surface area contributed by atoms with E-state index in [1.54, 1.807) is 13.1 Å². The number of benzene rings is 2. The van der Waals surface area contributed by atoms with Gasteiger partial charge in [0.1, 0.15) is 12.4 Å². The van der Waals surface area contributed by atoms with Crippen molar-refractivity contribution in [1.29, 1.82) is 0 Å². The first kappa shape index (κ1) is 20.8. The minimum absolute atomic E-state index is 0.00856. The molecule has 6 nitrogen and oxygen atoms in total. The van der Waals surface area contributed by atoms with Gasteiger partial charge >= 0.3 is 0 Å². The highest BCUT2D eigenvalue weighted by Crippen LogP contribution is 2.25. The van der Waals surface area contributed by atoms with Crippen LogP contribution < -0.4 is 9.46 Å². The van der Waals surface area contributed by atoms with Gasteiger partial charge in [-0.05, 0) is 71.6 Å². The summed E-state index contributed by atoms with van der Waals surface area (Å²) in [6.45, 7) is 2.69. The maximum atomic E-state index is 12.8. The number of nitrogens with one attached hydrogen (secondary N) is 1. The van der Waals surface area contributed by atoms with Crippen LogP contribution in [0, 0.1) is 6.92 Å². The highest BCUT2D eigenvalue weighted by molar-refractivity contribution is 9.10. The van der Waals surface area contributed by atoms with Crippen molar-refractivity contribution in [2.45, 2.75) is 30.7 Å². The number of halogens is 1. The van der Waals surface area contributed by atoms with Gasteiger partial charge in [-0.2, -0.15) is 0 Å². The number of sulfonamides is 1. The van der Waals surface area contributed by atoms with Gasteiger partial charge < -0.3 is 9.64 Å². The van der Waals surface area contributed by atoms with E-state index in [0.717, 1.165) is 24.2 Å². The van der Waals surface area contributed by atoms with Crippen molar-refractivity contribution >= 4 is 31.9 Å². The lowest BCUT2D eigenvalue weighted by Gasteiger charge is -2.19. The number of rotatable bonds is 8. The van der Waals surface area contributed by atoms with Crippen LogP contribution in [0.4, 0.5) is 0 Å². The van der Waals surface area contributed by atoms with Crippen molar-refractivity contribution < 1.29 is 17.9 Å². The molecule has 28 heavy (non-hydrogen) atoms. The Hall–Kier alpha value is -1.90. The van der Waals surface area contributed by atoms with Crippen LogP contribution in [0.15, 0.2) is 51.8 Å². The first-order chi connectivity index (χ1) is 13.3. The standard InChI is InChI=1S/C20H23BrN2O4S/c1-14-4-3-5-16(12-14)27-11-10-23(2)20(24)18-13-17(8-9-19(18)21)28(25,26)22-15-6-7-15/h3-5,8-9,12-13,15,22H,6-7,10-11H2,1-2H3. The SMILES string of the molecule is Cc1cccc(OCCN(C)C(=O)c2cc(S(=O)(=O)NC3CC3)ccc2Br)c1. The lowest BCUT2D eigenvalue weighted by atomic mass is 10.2. The fourth-order valence-corrected chi connectivity index (χ4v) is 4.38. The van der Waals surface area contributed by atoms with Gasteiger partial charge in [-0.3, -0.25) is 4.79 Å². The minimum atomic E-state index is -3.62. The van der Waals surface area contributed by atoms with Crippen molar-refractivity contribution in [1.82, 2.24) is 9.62 Å². The van der Waals surface area contributed by atoms with Crippen LogP contribution in [0.25, 0.3) is 0 Å². The Morgan fingerprint density at radius 3 is 2.68 bits per heavy atom. The number of amides is 1. The molecule has 3 rings (SSSR count). The van der Waals surface area contributed by atoms with Gasteiger partial charge in [0.15, 0.2) is 0 Å². The van der Waals surface area contributed by atoms with Crippen molar-refractivity contribution in [2.24, 2.45) is 0 Å². The molecule has 150 valence electrons. The molecule has 8 heteroatoms. The molecule has 0 aliphatic heterocycles. The summed E-state index contributed by atoms with van der Waals surface area (Å²) in [6, 6.07) is 12.2. The van der Waals surface area contributed by atoms with Crippen LogP contribution in [0.3, 0.4) is 0 Å². The van der Waals surface area contributed by atoms with Crippen LogP contribution >= 0.6 is 15.9 Å². The number of ether oxygens (including phenoxy) is 1. The molecule has 0 bridgehead atoms. The maximum absolute atomic E-state index is 12.8. The van der Waals surface area contributed by atoms with Gasteiger partial charge in [0.2, 0.25) is 10.0 Å². The van der Waals surface area contributed by atoms with Gasteiger partial charge in [0.25, 0.3) is 5.91 Å². The Morgan fingerprint density at radius 1 is 1.25 bits per heavy atom. The Balaban J connectivity index is 1.66. The Bertz CT molecular complexity index is 974. The third-order valence-corrected chi connectivity index (χ3v) is 6.62. The van der Waals surface area contributed by atoms with Crippen molar-refractivity contribution in [3.05, 3.63) is 58.1 Å². The second kappa shape index (κ2) is 8.63. The third kappa shape index (κ3) is 5.33. The molecular weight excluding hydrogens is 444 g/mol. The lowest BCUT2D eigenvalue weighted by Crippen LogP contribution is -2.31. The van der Waals surface area contributed by atoms with Crippen LogP contribution in [-0.4, -0.2) is 45.5 Å². The Morgan fingerprint density at radius 2 is 2.00 bits per heavy atom. The number of hydrogen-bond donors (Lipinski definition) is 1. The van der Waals surface area contributed by atoms with E-state index in [1.807, 2.05) is 31.2 Å². The van der Waals surface area contributed by atoms with Gasteiger partial charge in [0.05, 0.1) is 17.0 Å². The molecule has 0 aromatic heterocycles. The summed E-state index contributed by atoms with van der Waals surface area (Å²) >= 11 is 3.35. The summed E-state index contributed by atoms with van der Waals surface area (Å²) in [4.78, 5) is 14.4. The maximum Gasteiger partial charge on any atom is 0.254 e. The smallest absolute Gasteiger partial charge is 0.254 e.